The molecule has 7 heteroatoms. The molecule has 1 fully saturated rings. The SMILES string of the molecule is Nc1cccc(C(=O)NCC2CCCS2(=O)=O)n1. The van der Waals surface area contributed by atoms with Gasteiger partial charge in [0, 0.05) is 6.54 Å². The normalized spacial score (nSPS) is 21.7. The summed E-state index contributed by atoms with van der Waals surface area (Å²) in [4.78, 5) is 15.6. The van der Waals surface area contributed by atoms with Gasteiger partial charge in [-0.1, -0.05) is 6.07 Å². The van der Waals surface area contributed by atoms with Crippen LogP contribution in [0.4, 0.5) is 5.82 Å². The van der Waals surface area contributed by atoms with E-state index in [1.165, 1.54) is 6.07 Å². The number of carbonyl (C=O) groups excluding carboxylic acids is 1. The fourth-order valence-corrected chi connectivity index (χ4v) is 3.73. The van der Waals surface area contributed by atoms with Gasteiger partial charge >= 0.3 is 0 Å². The van der Waals surface area contributed by atoms with Crippen LogP contribution in [0.5, 0.6) is 0 Å². The first kappa shape index (κ1) is 12.8. The molecule has 1 aromatic rings. The number of rotatable bonds is 3. The maximum absolute atomic E-state index is 11.7. The van der Waals surface area contributed by atoms with Crippen molar-refractivity contribution >= 4 is 21.6 Å². The Balaban J connectivity index is 1.97. The van der Waals surface area contributed by atoms with Crippen molar-refractivity contribution in [2.24, 2.45) is 0 Å². The largest absolute Gasteiger partial charge is 0.384 e. The monoisotopic (exact) mass is 269 g/mol. The second-order valence-electron chi connectivity index (χ2n) is 4.29. The van der Waals surface area contributed by atoms with Crippen LogP contribution >= 0.6 is 0 Å². The van der Waals surface area contributed by atoms with E-state index in [2.05, 4.69) is 10.3 Å². The lowest BCUT2D eigenvalue weighted by Crippen LogP contribution is -2.35. The van der Waals surface area contributed by atoms with Gasteiger partial charge in [0.15, 0.2) is 9.84 Å². The highest BCUT2D eigenvalue weighted by Gasteiger charge is 2.31. The zero-order valence-electron chi connectivity index (χ0n) is 9.80. The molecule has 0 radical (unpaired) electrons. The lowest BCUT2D eigenvalue weighted by atomic mass is 10.2. The molecule has 0 spiro atoms. The molecule has 1 aliphatic heterocycles. The van der Waals surface area contributed by atoms with Crippen LogP contribution in [-0.2, 0) is 9.84 Å². The van der Waals surface area contributed by atoms with Crippen molar-refractivity contribution < 1.29 is 13.2 Å². The summed E-state index contributed by atoms with van der Waals surface area (Å²) in [6, 6.07) is 4.75. The first-order chi connectivity index (χ1) is 8.49. The number of amides is 1. The molecule has 1 amide bonds. The molecule has 0 aliphatic carbocycles. The van der Waals surface area contributed by atoms with E-state index in [1.807, 2.05) is 0 Å². The summed E-state index contributed by atoms with van der Waals surface area (Å²) < 4.78 is 23.2. The average molecular weight is 269 g/mol. The van der Waals surface area contributed by atoms with Crippen molar-refractivity contribution in [3.05, 3.63) is 23.9 Å². The third-order valence-electron chi connectivity index (χ3n) is 2.96. The number of nitrogens with two attached hydrogens (primary N) is 1. The van der Waals surface area contributed by atoms with Gasteiger partial charge in [-0.3, -0.25) is 4.79 Å². The Bertz CT molecular complexity index is 556. The molecule has 1 saturated heterocycles. The number of anilines is 1. The van der Waals surface area contributed by atoms with Gasteiger partial charge in [-0.05, 0) is 25.0 Å². The second-order valence-corrected chi connectivity index (χ2v) is 6.69. The van der Waals surface area contributed by atoms with E-state index in [1.54, 1.807) is 12.1 Å². The Morgan fingerprint density at radius 1 is 1.50 bits per heavy atom. The van der Waals surface area contributed by atoms with Crippen molar-refractivity contribution in [3.63, 3.8) is 0 Å². The van der Waals surface area contributed by atoms with Crippen molar-refractivity contribution in [1.29, 1.82) is 0 Å². The topological polar surface area (TPSA) is 102 Å². The van der Waals surface area contributed by atoms with Crippen LogP contribution < -0.4 is 11.1 Å². The molecule has 1 atom stereocenters. The Morgan fingerprint density at radius 2 is 2.28 bits per heavy atom. The molecule has 1 aromatic heterocycles. The molecule has 1 aliphatic rings. The van der Waals surface area contributed by atoms with E-state index in [4.69, 9.17) is 5.73 Å². The quantitative estimate of drug-likeness (QED) is 0.802. The van der Waals surface area contributed by atoms with Crippen molar-refractivity contribution in [2.45, 2.75) is 18.1 Å². The van der Waals surface area contributed by atoms with Crippen LogP contribution in [0.3, 0.4) is 0 Å². The highest BCUT2D eigenvalue weighted by Crippen LogP contribution is 2.19. The standard InChI is InChI=1S/C11H15N3O3S/c12-10-5-1-4-9(14-10)11(15)13-7-8-3-2-6-18(8,16)17/h1,4-5,8H,2-3,6-7H2,(H2,12,14)(H,13,15). The van der Waals surface area contributed by atoms with E-state index in [9.17, 15) is 13.2 Å². The molecule has 0 bridgehead atoms. The molecular formula is C11H15N3O3S. The predicted molar refractivity (Wildman–Crippen MR) is 67.8 cm³/mol. The third-order valence-corrected chi connectivity index (χ3v) is 5.23. The highest BCUT2D eigenvalue weighted by atomic mass is 32.2. The Kier molecular flexibility index (Phi) is 3.51. The maximum atomic E-state index is 11.7. The van der Waals surface area contributed by atoms with Crippen LogP contribution in [0.2, 0.25) is 0 Å². The van der Waals surface area contributed by atoms with E-state index >= 15 is 0 Å². The summed E-state index contributed by atoms with van der Waals surface area (Å²) in [5, 5.41) is 2.12. The molecule has 98 valence electrons. The predicted octanol–water partition coefficient (Wildman–Crippen LogP) is -0.0292. The van der Waals surface area contributed by atoms with Gasteiger partial charge in [-0.15, -0.1) is 0 Å². The van der Waals surface area contributed by atoms with Gasteiger partial charge in [0.2, 0.25) is 0 Å². The molecule has 2 heterocycles. The minimum absolute atomic E-state index is 0.137. The van der Waals surface area contributed by atoms with E-state index in [-0.39, 0.29) is 23.8 Å². The first-order valence-electron chi connectivity index (χ1n) is 5.71. The van der Waals surface area contributed by atoms with Crippen LogP contribution in [0.1, 0.15) is 23.3 Å². The summed E-state index contributed by atoms with van der Waals surface area (Å²) in [5.41, 5.74) is 5.67. The molecule has 0 saturated carbocycles. The molecule has 2 rings (SSSR count). The fourth-order valence-electron chi connectivity index (χ4n) is 1.96. The zero-order chi connectivity index (χ0) is 13.2. The third kappa shape index (κ3) is 2.79. The number of aromatic nitrogens is 1. The van der Waals surface area contributed by atoms with Gasteiger partial charge in [0.25, 0.3) is 5.91 Å². The summed E-state index contributed by atoms with van der Waals surface area (Å²) >= 11 is 0. The van der Waals surface area contributed by atoms with Gasteiger partial charge in [0.05, 0.1) is 11.0 Å². The lowest BCUT2D eigenvalue weighted by molar-refractivity contribution is 0.0949. The van der Waals surface area contributed by atoms with E-state index in [0.29, 0.717) is 12.8 Å². The number of pyridine rings is 1. The number of sulfone groups is 1. The number of hydrogen-bond acceptors (Lipinski definition) is 5. The van der Waals surface area contributed by atoms with Crippen molar-refractivity contribution in [3.8, 4) is 0 Å². The van der Waals surface area contributed by atoms with Crippen LogP contribution in [0.25, 0.3) is 0 Å². The van der Waals surface area contributed by atoms with Gasteiger partial charge < -0.3 is 11.1 Å². The summed E-state index contributed by atoms with van der Waals surface area (Å²) in [5.74, 6) is 0.0740. The first-order valence-corrected chi connectivity index (χ1v) is 7.43. The van der Waals surface area contributed by atoms with Gasteiger partial charge in [0.1, 0.15) is 11.5 Å². The molecule has 18 heavy (non-hydrogen) atoms. The minimum atomic E-state index is -3.03. The average Bonchev–Trinajstić information content (AvgIpc) is 2.65. The Hall–Kier alpha value is -1.63. The van der Waals surface area contributed by atoms with Gasteiger partial charge in [-0.25, -0.2) is 13.4 Å². The fraction of sp³-hybridized carbons (Fsp3) is 0.455. The smallest absolute Gasteiger partial charge is 0.270 e. The number of carbonyl (C=O) groups is 1. The van der Waals surface area contributed by atoms with E-state index < -0.39 is 21.0 Å². The van der Waals surface area contributed by atoms with E-state index in [0.717, 1.165) is 0 Å². The number of nitrogen functional groups attached to an aromatic ring is 1. The summed E-state index contributed by atoms with van der Waals surface area (Å²) in [7, 11) is -3.03. The van der Waals surface area contributed by atoms with Crippen molar-refractivity contribution in [2.75, 3.05) is 18.0 Å². The highest BCUT2D eigenvalue weighted by molar-refractivity contribution is 7.92. The summed E-state index contributed by atoms with van der Waals surface area (Å²) in [6.45, 7) is 0.137. The molecular weight excluding hydrogens is 254 g/mol. The van der Waals surface area contributed by atoms with Crippen LogP contribution in [0.15, 0.2) is 18.2 Å². The number of nitrogens with one attached hydrogen (secondary N) is 1. The molecule has 1 unspecified atom stereocenters. The lowest BCUT2D eigenvalue weighted by Gasteiger charge is -2.10. The molecule has 6 nitrogen and oxygen atoms in total. The second kappa shape index (κ2) is 4.93. The summed E-state index contributed by atoms with van der Waals surface area (Å²) in [6.07, 6.45) is 1.27. The van der Waals surface area contributed by atoms with Gasteiger partial charge in [-0.2, -0.15) is 0 Å². The Morgan fingerprint density at radius 3 is 2.89 bits per heavy atom. The number of hydrogen-bond donors (Lipinski definition) is 2. The van der Waals surface area contributed by atoms with Crippen LogP contribution in [-0.4, -0.2) is 36.9 Å². The van der Waals surface area contributed by atoms with Crippen LogP contribution in [0, 0.1) is 0 Å². The zero-order valence-corrected chi connectivity index (χ0v) is 10.6. The molecule has 3 N–H and O–H groups in total. The Labute approximate surface area is 106 Å². The minimum Gasteiger partial charge on any atom is -0.384 e. The maximum Gasteiger partial charge on any atom is 0.270 e. The molecule has 0 aromatic carbocycles. The number of nitrogens with zero attached hydrogens (tertiary/aromatic N) is 1. The van der Waals surface area contributed by atoms with Crippen molar-refractivity contribution in [1.82, 2.24) is 10.3 Å².